The molecule has 110 valence electrons. The zero-order valence-electron chi connectivity index (χ0n) is 12.1. The molecule has 0 saturated heterocycles. The fraction of sp³-hybridized carbons (Fsp3) is 0.429. The van der Waals surface area contributed by atoms with Crippen LogP contribution in [0.2, 0.25) is 5.02 Å². The fourth-order valence-electron chi connectivity index (χ4n) is 1.35. The highest BCUT2D eigenvalue weighted by molar-refractivity contribution is 6.30. The number of ether oxygens (including phenoxy) is 1. The lowest BCUT2D eigenvalue weighted by atomic mass is 10.2. The van der Waals surface area contributed by atoms with Gasteiger partial charge in [0.1, 0.15) is 12.1 Å². The Morgan fingerprint density at radius 3 is 2.30 bits per heavy atom. The monoisotopic (exact) mass is 298 g/mol. The van der Waals surface area contributed by atoms with Gasteiger partial charge in [0.05, 0.1) is 0 Å². The molecule has 20 heavy (non-hydrogen) atoms. The number of anilines is 1. The minimum atomic E-state index is -0.585. The molecule has 0 bridgehead atoms. The quantitative estimate of drug-likeness (QED) is 0.932. The molecule has 0 aliphatic rings. The molecule has 5 nitrogen and oxygen atoms in total. The van der Waals surface area contributed by atoms with Crippen LogP contribution in [0, 0.1) is 0 Å². The Morgan fingerprint density at radius 2 is 1.80 bits per heavy atom. The van der Waals surface area contributed by atoms with E-state index in [2.05, 4.69) is 5.32 Å². The van der Waals surface area contributed by atoms with Gasteiger partial charge in [0.2, 0.25) is 5.91 Å². The number of amides is 2. The molecular formula is C14H19ClN2O3. The second-order valence-electron chi connectivity index (χ2n) is 5.39. The van der Waals surface area contributed by atoms with Crippen LogP contribution in [0.15, 0.2) is 24.3 Å². The van der Waals surface area contributed by atoms with Crippen LogP contribution in [0.25, 0.3) is 0 Å². The van der Waals surface area contributed by atoms with Crippen LogP contribution >= 0.6 is 11.6 Å². The predicted octanol–water partition coefficient (Wildman–Crippen LogP) is 3.15. The Balaban J connectivity index is 2.49. The Morgan fingerprint density at radius 1 is 1.25 bits per heavy atom. The first-order valence-corrected chi connectivity index (χ1v) is 6.55. The van der Waals surface area contributed by atoms with E-state index in [4.69, 9.17) is 16.3 Å². The summed E-state index contributed by atoms with van der Waals surface area (Å²) in [4.78, 5) is 24.7. The summed E-state index contributed by atoms with van der Waals surface area (Å²) < 4.78 is 5.16. The molecule has 0 atom stereocenters. The molecule has 0 unspecified atom stereocenters. The van der Waals surface area contributed by atoms with Gasteiger partial charge in [-0.2, -0.15) is 0 Å². The van der Waals surface area contributed by atoms with Gasteiger partial charge in [-0.25, -0.2) is 4.79 Å². The lowest BCUT2D eigenvalue weighted by molar-refractivity contribution is -0.117. The average molecular weight is 299 g/mol. The molecule has 0 aliphatic carbocycles. The molecule has 2 amide bonds. The van der Waals surface area contributed by atoms with Crippen LogP contribution in [-0.4, -0.2) is 36.1 Å². The van der Waals surface area contributed by atoms with E-state index in [1.165, 1.54) is 11.9 Å². The summed E-state index contributed by atoms with van der Waals surface area (Å²) in [5.41, 5.74) is 0.0369. The largest absolute Gasteiger partial charge is 0.444 e. The Bertz CT molecular complexity index is 480. The highest BCUT2D eigenvalue weighted by atomic mass is 35.5. The highest BCUT2D eigenvalue weighted by Crippen LogP contribution is 2.13. The summed E-state index contributed by atoms with van der Waals surface area (Å²) in [5, 5.41) is 3.26. The smallest absolute Gasteiger partial charge is 0.410 e. The third kappa shape index (κ3) is 5.93. The number of carbonyl (C=O) groups is 2. The van der Waals surface area contributed by atoms with Gasteiger partial charge in [-0.15, -0.1) is 0 Å². The Kier molecular flexibility index (Phi) is 5.39. The van der Waals surface area contributed by atoms with Gasteiger partial charge < -0.3 is 15.0 Å². The van der Waals surface area contributed by atoms with Crippen LogP contribution in [0.4, 0.5) is 10.5 Å². The maximum Gasteiger partial charge on any atom is 0.410 e. The predicted molar refractivity (Wildman–Crippen MR) is 78.9 cm³/mol. The zero-order chi connectivity index (χ0) is 15.3. The number of halogens is 1. The van der Waals surface area contributed by atoms with Crippen molar-refractivity contribution in [2.45, 2.75) is 26.4 Å². The van der Waals surface area contributed by atoms with Crippen molar-refractivity contribution < 1.29 is 14.3 Å². The fourth-order valence-corrected chi connectivity index (χ4v) is 1.48. The molecule has 0 heterocycles. The van der Waals surface area contributed by atoms with Crippen molar-refractivity contribution in [1.82, 2.24) is 4.90 Å². The topological polar surface area (TPSA) is 58.6 Å². The molecule has 0 saturated carbocycles. The number of rotatable bonds is 3. The molecule has 1 aromatic carbocycles. The van der Waals surface area contributed by atoms with E-state index in [0.29, 0.717) is 10.7 Å². The number of benzene rings is 1. The maximum atomic E-state index is 11.8. The van der Waals surface area contributed by atoms with E-state index >= 15 is 0 Å². The standard InChI is InChI=1S/C14H19ClN2O3/c1-14(2,3)20-13(19)17(4)9-12(18)16-11-7-5-10(15)6-8-11/h5-8H,9H2,1-4H3,(H,16,18). The van der Waals surface area contributed by atoms with Crippen LogP contribution in [0.1, 0.15) is 20.8 Å². The molecule has 0 aliphatic heterocycles. The molecule has 0 aromatic heterocycles. The molecule has 0 radical (unpaired) electrons. The van der Waals surface area contributed by atoms with E-state index in [-0.39, 0.29) is 12.5 Å². The normalized spacial score (nSPS) is 10.8. The van der Waals surface area contributed by atoms with Crippen molar-refractivity contribution in [3.05, 3.63) is 29.3 Å². The van der Waals surface area contributed by atoms with Gasteiger partial charge in [-0.1, -0.05) is 11.6 Å². The second kappa shape index (κ2) is 6.61. The molecule has 1 aromatic rings. The highest BCUT2D eigenvalue weighted by Gasteiger charge is 2.21. The van der Waals surface area contributed by atoms with Crippen LogP contribution in [0.3, 0.4) is 0 Å². The first-order valence-electron chi connectivity index (χ1n) is 6.17. The van der Waals surface area contributed by atoms with E-state index in [0.717, 1.165) is 0 Å². The first-order chi connectivity index (χ1) is 9.17. The third-order valence-corrected chi connectivity index (χ3v) is 2.47. The number of carbonyl (C=O) groups excluding carboxylic acids is 2. The molecule has 6 heteroatoms. The van der Waals surface area contributed by atoms with Crippen LogP contribution in [-0.2, 0) is 9.53 Å². The molecule has 0 fully saturated rings. The number of hydrogen-bond donors (Lipinski definition) is 1. The van der Waals surface area contributed by atoms with Gasteiger partial charge in [0.25, 0.3) is 0 Å². The Labute approximate surface area is 123 Å². The average Bonchev–Trinajstić information content (AvgIpc) is 2.29. The van der Waals surface area contributed by atoms with Gasteiger partial charge in [-0.05, 0) is 45.0 Å². The van der Waals surface area contributed by atoms with E-state index < -0.39 is 11.7 Å². The lowest BCUT2D eigenvalue weighted by Crippen LogP contribution is -2.38. The SMILES string of the molecule is CN(CC(=O)Nc1ccc(Cl)cc1)C(=O)OC(C)(C)C. The van der Waals surface area contributed by atoms with Gasteiger partial charge in [0.15, 0.2) is 0 Å². The molecular weight excluding hydrogens is 280 g/mol. The number of hydrogen-bond acceptors (Lipinski definition) is 3. The minimum absolute atomic E-state index is 0.0858. The van der Waals surface area contributed by atoms with Gasteiger partial charge >= 0.3 is 6.09 Å². The van der Waals surface area contributed by atoms with Crippen LogP contribution < -0.4 is 5.32 Å². The number of nitrogens with one attached hydrogen (secondary N) is 1. The van der Waals surface area contributed by atoms with Crippen molar-refractivity contribution in [3.63, 3.8) is 0 Å². The second-order valence-corrected chi connectivity index (χ2v) is 5.83. The molecule has 0 spiro atoms. The summed E-state index contributed by atoms with van der Waals surface area (Å²) >= 11 is 5.75. The van der Waals surface area contributed by atoms with Gasteiger partial charge in [-0.3, -0.25) is 4.79 Å². The van der Waals surface area contributed by atoms with Gasteiger partial charge in [0, 0.05) is 17.8 Å². The maximum absolute atomic E-state index is 11.8. The zero-order valence-corrected chi connectivity index (χ0v) is 12.8. The number of nitrogens with zero attached hydrogens (tertiary/aromatic N) is 1. The van der Waals surface area contributed by atoms with Crippen molar-refractivity contribution in [3.8, 4) is 0 Å². The Hall–Kier alpha value is -1.75. The van der Waals surface area contributed by atoms with Crippen LogP contribution in [0.5, 0.6) is 0 Å². The lowest BCUT2D eigenvalue weighted by Gasteiger charge is -2.24. The van der Waals surface area contributed by atoms with Crippen molar-refractivity contribution in [1.29, 1.82) is 0 Å². The first kappa shape index (κ1) is 16.3. The van der Waals surface area contributed by atoms with E-state index in [1.807, 2.05) is 0 Å². The van der Waals surface area contributed by atoms with E-state index in [1.54, 1.807) is 45.0 Å². The summed E-state index contributed by atoms with van der Waals surface area (Å²) in [6.45, 7) is 5.23. The van der Waals surface area contributed by atoms with E-state index in [9.17, 15) is 9.59 Å². The van der Waals surface area contributed by atoms with Crippen molar-refractivity contribution in [2.75, 3.05) is 18.9 Å². The summed E-state index contributed by atoms with van der Waals surface area (Å²) in [6.07, 6.45) is -0.538. The minimum Gasteiger partial charge on any atom is -0.444 e. The van der Waals surface area contributed by atoms with Crippen molar-refractivity contribution in [2.24, 2.45) is 0 Å². The summed E-state index contributed by atoms with van der Waals surface area (Å²) in [6, 6.07) is 6.73. The number of likely N-dealkylation sites (N-methyl/N-ethyl adjacent to an activating group) is 1. The summed E-state index contributed by atoms with van der Waals surface area (Å²) in [5.74, 6) is -0.305. The molecule has 1 N–H and O–H groups in total. The summed E-state index contributed by atoms with van der Waals surface area (Å²) in [7, 11) is 1.51. The van der Waals surface area contributed by atoms with Crippen molar-refractivity contribution >= 4 is 29.3 Å². The molecule has 1 rings (SSSR count). The third-order valence-electron chi connectivity index (χ3n) is 2.21.